The van der Waals surface area contributed by atoms with Gasteiger partial charge in [0.1, 0.15) is 11.4 Å². The number of ether oxygens (including phenoxy) is 3. The molecule has 0 fully saturated rings. The molecule has 0 bridgehead atoms. The number of esters is 1. The lowest BCUT2D eigenvalue weighted by Crippen LogP contribution is -2.11. The number of hydrogen-bond acceptors (Lipinski definition) is 10. The number of nitro groups is 2. The topological polar surface area (TPSA) is 155 Å². The monoisotopic (exact) mass is 606 g/mol. The van der Waals surface area contributed by atoms with Crippen LogP contribution in [0.2, 0.25) is 0 Å². The van der Waals surface area contributed by atoms with Crippen molar-refractivity contribution in [2.24, 2.45) is 5.10 Å². The molecule has 12 nitrogen and oxygen atoms in total. The molecule has 13 heteroatoms. The van der Waals surface area contributed by atoms with Crippen LogP contribution in [0.5, 0.6) is 17.2 Å². The number of benzene rings is 3. The molecule has 0 aliphatic heterocycles. The van der Waals surface area contributed by atoms with E-state index in [9.17, 15) is 25.0 Å². The van der Waals surface area contributed by atoms with E-state index < -0.39 is 27.2 Å². The van der Waals surface area contributed by atoms with E-state index in [2.05, 4.69) is 10.5 Å². The van der Waals surface area contributed by atoms with Crippen molar-refractivity contribution in [3.8, 4) is 17.2 Å². The SMILES string of the molecule is CCOc1cc(/C=N\Nc2ccc([N+](=O)[O-])cc2[N+](=O)[O-])cc(I)c1OC(=O)c1ccc(OC)cc1. The van der Waals surface area contributed by atoms with Crippen LogP contribution in [0.15, 0.2) is 59.7 Å². The van der Waals surface area contributed by atoms with Crippen LogP contribution in [-0.2, 0) is 0 Å². The Morgan fingerprint density at radius 3 is 2.42 bits per heavy atom. The molecule has 186 valence electrons. The largest absolute Gasteiger partial charge is 0.497 e. The minimum atomic E-state index is -0.743. The number of methoxy groups -OCH3 is 1. The first kappa shape index (κ1) is 26.3. The number of nitrogens with one attached hydrogen (secondary N) is 1. The highest BCUT2D eigenvalue weighted by atomic mass is 127. The molecule has 0 atom stereocenters. The Morgan fingerprint density at radius 1 is 1.08 bits per heavy atom. The van der Waals surface area contributed by atoms with Crippen LogP contribution in [0.3, 0.4) is 0 Å². The molecule has 0 saturated carbocycles. The lowest BCUT2D eigenvalue weighted by atomic mass is 10.2. The fraction of sp³-hybridized carbons (Fsp3) is 0.130. The van der Waals surface area contributed by atoms with Gasteiger partial charge in [0.05, 0.1) is 45.0 Å². The van der Waals surface area contributed by atoms with E-state index in [1.54, 1.807) is 43.3 Å². The van der Waals surface area contributed by atoms with Gasteiger partial charge in [0.15, 0.2) is 11.5 Å². The van der Waals surface area contributed by atoms with Gasteiger partial charge in [-0.1, -0.05) is 0 Å². The smallest absolute Gasteiger partial charge is 0.343 e. The zero-order valence-corrected chi connectivity index (χ0v) is 21.1. The van der Waals surface area contributed by atoms with Crippen molar-refractivity contribution in [2.45, 2.75) is 6.92 Å². The van der Waals surface area contributed by atoms with Crippen molar-refractivity contribution >= 4 is 51.8 Å². The maximum Gasteiger partial charge on any atom is 0.343 e. The molecule has 0 amide bonds. The van der Waals surface area contributed by atoms with E-state index in [1.807, 2.05) is 22.6 Å². The van der Waals surface area contributed by atoms with E-state index in [0.29, 0.717) is 32.8 Å². The first-order valence-electron chi connectivity index (χ1n) is 10.3. The lowest BCUT2D eigenvalue weighted by molar-refractivity contribution is -0.393. The second-order valence-electron chi connectivity index (χ2n) is 6.97. The maximum atomic E-state index is 12.6. The molecule has 3 aromatic rings. The van der Waals surface area contributed by atoms with Gasteiger partial charge in [0, 0.05) is 6.07 Å². The minimum Gasteiger partial charge on any atom is -0.497 e. The zero-order valence-electron chi connectivity index (χ0n) is 19.0. The number of non-ortho nitro benzene ring substituents is 1. The third-order valence-electron chi connectivity index (χ3n) is 4.64. The molecule has 0 radical (unpaired) electrons. The van der Waals surface area contributed by atoms with Crippen molar-refractivity contribution in [1.29, 1.82) is 0 Å². The average Bonchev–Trinajstić information content (AvgIpc) is 2.86. The molecule has 3 aromatic carbocycles. The number of halogens is 1. The van der Waals surface area contributed by atoms with Crippen molar-refractivity contribution in [1.82, 2.24) is 0 Å². The molecule has 0 saturated heterocycles. The Balaban J connectivity index is 1.82. The first-order valence-corrected chi connectivity index (χ1v) is 11.4. The van der Waals surface area contributed by atoms with E-state index in [0.717, 1.165) is 12.1 Å². The van der Waals surface area contributed by atoms with Crippen molar-refractivity contribution in [3.05, 3.63) is 89.5 Å². The minimum absolute atomic E-state index is 0.0216. The number of hydrazone groups is 1. The second kappa shape index (κ2) is 11.9. The summed E-state index contributed by atoms with van der Waals surface area (Å²) in [6.45, 7) is 2.08. The van der Waals surface area contributed by atoms with Crippen molar-refractivity contribution < 1.29 is 28.9 Å². The Labute approximate surface area is 218 Å². The molecular weight excluding hydrogens is 587 g/mol. The number of nitrogens with zero attached hydrogens (tertiary/aromatic N) is 3. The molecule has 1 N–H and O–H groups in total. The van der Waals surface area contributed by atoms with Gasteiger partial charge in [0.2, 0.25) is 0 Å². The van der Waals surface area contributed by atoms with Gasteiger partial charge in [-0.3, -0.25) is 25.7 Å². The van der Waals surface area contributed by atoms with Crippen molar-refractivity contribution in [3.63, 3.8) is 0 Å². The molecule has 3 rings (SSSR count). The first-order chi connectivity index (χ1) is 17.2. The van der Waals surface area contributed by atoms with Crippen molar-refractivity contribution in [2.75, 3.05) is 19.1 Å². The average molecular weight is 606 g/mol. The molecule has 0 spiro atoms. The summed E-state index contributed by atoms with van der Waals surface area (Å²) in [6.07, 6.45) is 1.38. The Hall–Kier alpha value is -4.27. The molecule has 36 heavy (non-hydrogen) atoms. The predicted molar refractivity (Wildman–Crippen MR) is 139 cm³/mol. The van der Waals surface area contributed by atoms with Crippen LogP contribution in [0.1, 0.15) is 22.8 Å². The van der Waals surface area contributed by atoms with Gasteiger partial charge in [-0.25, -0.2) is 4.79 Å². The number of rotatable bonds is 10. The van der Waals surface area contributed by atoms with Crippen LogP contribution < -0.4 is 19.6 Å². The molecule has 0 aromatic heterocycles. The molecule has 0 aliphatic carbocycles. The van der Waals surface area contributed by atoms with Gasteiger partial charge in [-0.2, -0.15) is 5.10 Å². The number of carbonyl (C=O) groups excluding carboxylic acids is 1. The Bertz CT molecular complexity index is 1330. The summed E-state index contributed by atoms with van der Waals surface area (Å²) < 4.78 is 16.9. The highest BCUT2D eigenvalue weighted by Crippen LogP contribution is 2.35. The van der Waals surface area contributed by atoms with Gasteiger partial charge in [-0.15, -0.1) is 0 Å². The van der Waals surface area contributed by atoms with Crippen LogP contribution in [0.4, 0.5) is 17.1 Å². The molecule has 0 unspecified atom stereocenters. The summed E-state index contributed by atoms with van der Waals surface area (Å²) in [5.41, 5.74) is 2.47. The standard InChI is InChI=1S/C23H19IN4O8/c1-3-35-21-11-14(13-25-26-19-9-6-16(27(30)31)12-20(19)28(32)33)10-18(24)22(21)36-23(29)15-4-7-17(34-2)8-5-15/h4-13,26H,3H2,1-2H3/b25-13-. The third-order valence-corrected chi connectivity index (χ3v) is 5.44. The highest BCUT2D eigenvalue weighted by Gasteiger charge is 2.20. The summed E-state index contributed by atoms with van der Waals surface area (Å²) in [6, 6.07) is 12.9. The summed E-state index contributed by atoms with van der Waals surface area (Å²) in [7, 11) is 1.53. The van der Waals surface area contributed by atoms with E-state index in [-0.39, 0.29) is 11.4 Å². The second-order valence-corrected chi connectivity index (χ2v) is 8.13. The number of anilines is 1. The quantitative estimate of drug-likeness (QED) is 0.0821. The maximum absolute atomic E-state index is 12.6. The molecule has 0 aliphatic rings. The number of carbonyl (C=O) groups is 1. The highest BCUT2D eigenvalue weighted by molar-refractivity contribution is 14.1. The molecule has 0 heterocycles. The summed E-state index contributed by atoms with van der Waals surface area (Å²) in [4.78, 5) is 33.3. The predicted octanol–water partition coefficient (Wildman–Crippen LogP) is 5.18. The molecular formula is C23H19IN4O8. The number of nitro benzene ring substituents is 2. The van der Waals surface area contributed by atoms with Gasteiger partial charge >= 0.3 is 11.7 Å². The van der Waals surface area contributed by atoms with Crippen LogP contribution in [-0.4, -0.2) is 35.7 Å². The van der Waals surface area contributed by atoms with Gasteiger partial charge < -0.3 is 14.2 Å². The summed E-state index contributed by atoms with van der Waals surface area (Å²) >= 11 is 1.99. The Kier molecular flexibility index (Phi) is 8.72. The van der Waals surface area contributed by atoms with Gasteiger partial charge in [0.25, 0.3) is 5.69 Å². The summed E-state index contributed by atoms with van der Waals surface area (Å²) in [5, 5.41) is 26.2. The van der Waals surface area contributed by atoms with E-state index in [4.69, 9.17) is 14.2 Å². The normalized spacial score (nSPS) is 10.6. The van der Waals surface area contributed by atoms with Crippen LogP contribution in [0, 0.1) is 23.8 Å². The van der Waals surface area contributed by atoms with Crippen LogP contribution >= 0.6 is 22.6 Å². The van der Waals surface area contributed by atoms with Gasteiger partial charge in [-0.05, 0) is 77.5 Å². The van der Waals surface area contributed by atoms with E-state index >= 15 is 0 Å². The zero-order chi connectivity index (χ0) is 26.2. The van der Waals surface area contributed by atoms with Crippen LogP contribution in [0.25, 0.3) is 0 Å². The third kappa shape index (κ3) is 6.44. The Morgan fingerprint density at radius 2 is 1.81 bits per heavy atom. The fourth-order valence-corrected chi connectivity index (χ4v) is 3.69. The lowest BCUT2D eigenvalue weighted by Gasteiger charge is -2.13. The van der Waals surface area contributed by atoms with E-state index in [1.165, 1.54) is 19.4 Å². The summed E-state index contributed by atoms with van der Waals surface area (Å²) in [5.74, 6) is 0.556. The fourth-order valence-electron chi connectivity index (χ4n) is 2.96. The number of hydrogen-bond donors (Lipinski definition) is 1.